The van der Waals surface area contributed by atoms with E-state index < -0.39 is 24.0 Å². The second-order valence-corrected chi connectivity index (χ2v) is 23.5. The first-order valence-corrected chi connectivity index (χ1v) is 19.9. The standard InChI is InChI=1S/C13H15ClNO2.3C4H9.Sn/c1-13(2,3)17-12(16)15-7-6-9-8-10(14)4-5-11(9)15;3*1-3-4-2;/h4,8H,6-7H2,1-3H3;3*1,3-4H2,2H3;. The van der Waals surface area contributed by atoms with Crippen LogP contribution in [0.5, 0.6) is 0 Å². The first-order chi connectivity index (χ1) is 14.2. The number of nitrogens with zero attached hydrogens (tertiary/aromatic N) is 1. The number of rotatable bonds is 10. The van der Waals surface area contributed by atoms with Crippen LogP contribution in [0.2, 0.25) is 18.3 Å². The molecule has 3 nitrogen and oxygen atoms in total. The SMILES string of the molecule is CCC[CH2][Sn]([CH2]CCC)([CH2]CCC)[c]1cc(Cl)cc2c1N(C(=O)OC(C)(C)C)CC2. The van der Waals surface area contributed by atoms with Crippen LogP contribution in [-0.2, 0) is 11.2 Å². The number of carbonyl (C=O) groups excluding carboxylic acids is 1. The van der Waals surface area contributed by atoms with Crippen LogP contribution in [0.25, 0.3) is 0 Å². The van der Waals surface area contributed by atoms with Crippen LogP contribution in [0.3, 0.4) is 0 Å². The van der Waals surface area contributed by atoms with Crippen LogP contribution in [0, 0.1) is 0 Å². The molecule has 0 aromatic heterocycles. The van der Waals surface area contributed by atoms with Gasteiger partial charge in [-0.25, -0.2) is 0 Å². The van der Waals surface area contributed by atoms with Crippen molar-refractivity contribution < 1.29 is 9.53 Å². The third-order valence-corrected chi connectivity index (χ3v) is 22.0. The van der Waals surface area contributed by atoms with E-state index in [1.54, 1.807) is 0 Å². The number of fused-ring (bicyclic) bond motifs is 1. The van der Waals surface area contributed by atoms with Gasteiger partial charge in [-0.15, -0.1) is 0 Å². The molecule has 1 aliphatic heterocycles. The molecule has 5 heteroatoms. The van der Waals surface area contributed by atoms with Crippen molar-refractivity contribution in [3.63, 3.8) is 0 Å². The van der Waals surface area contributed by atoms with Crippen molar-refractivity contribution in [2.24, 2.45) is 0 Å². The summed E-state index contributed by atoms with van der Waals surface area (Å²) in [5, 5.41) is 0.848. The van der Waals surface area contributed by atoms with Crippen molar-refractivity contribution in [3.8, 4) is 0 Å². The van der Waals surface area contributed by atoms with Crippen LogP contribution in [0.1, 0.15) is 85.6 Å². The summed E-state index contributed by atoms with van der Waals surface area (Å²) in [5.41, 5.74) is 1.93. The van der Waals surface area contributed by atoms with Gasteiger partial charge in [-0.05, 0) is 0 Å². The van der Waals surface area contributed by atoms with Crippen molar-refractivity contribution in [2.75, 3.05) is 11.4 Å². The van der Waals surface area contributed by atoms with E-state index in [0.717, 1.165) is 11.4 Å². The number of ether oxygens (including phenoxy) is 1. The summed E-state index contributed by atoms with van der Waals surface area (Å²) < 4.78 is 11.4. The van der Waals surface area contributed by atoms with Crippen molar-refractivity contribution in [2.45, 2.75) is 105 Å². The Kier molecular flexibility index (Phi) is 9.86. The molecular weight excluding hydrogens is 500 g/mol. The Hall–Kier alpha value is -0.421. The molecule has 0 aliphatic carbocycles. The fourth-order valence-electron chi connectivity index (χ4n) is 4.74. The van der Waals surface area contributed by atoms with Crippen LogP contribution in [-0.4, -0.2) is 36.6 Å². The van der Waals surface area contributed by atoms with Gasteiger partial charge in [-0.1, -0.05) is 0 Å². The van der Waals surface area contributed by atoms with Gasteiger partial charge in [0.1, 0.15) is 0 Å². The molecular formula is C25H42ClNO2Sn. The molecule has 2 rings (SSSR count). The van der Waals surface area contributed by atoms with Crippen LogP contribution < -0.4 is 8.48 Å². The number of unbranched alkanes of at least 4 members (excludes halogenated alkanes) is 3. The average molecular weight is 543 g/mol. The second-order valence-electron chi connectivity index (χ2n) is 9.93. The van der Waals surface area contributed by atoms with Gasteiger partial charge in [0.15, 0.2) is 0 Å². The van der Waals surface area contributed by atoms with Crippen molar-refractivity contribution in [1.82, 2.24) is 0 Å². The first-order valence-electron chi connectivity index (χ1n) is 12.0. The molecule has 0 fully saturated rings. The van der Waals surface area contributed by atoms with Gasteiger partial charge in [-0.3, -0.25) is 0 Å². The summed E-state index contributed by atoms with van der Waals surface area (Å²) in [6.45, 7) is 13.4. The summed E-state index contributed by atoms with van der Waals surface area (Å²) in [6.07, 6.45) is 8.23. The molecule has 0 saturated heterocycles. The Balaban J connectivity index is 2.59. The van der Waals surface area contributed by atoms with Crippen molar-refractivity contribution in [3.05, 3.63) is 22.7 Å². The quantitative estimate of drug-likeness (QED) is 0.284. The molecule has 1 aromatic carbocycles. The number of benzene rings is 1. The molecule has 0 atom stereocenters. The number of amides is 1. The Labute approximate surface area is 193 Å². The summed E-state index contributed by atoms with van der Waals surface area (Å²) >= 11 is 3.91. The monoisotopic (exact) mass is 543 g/mol. The van der Waals surface area contributed by atoms with Crippen molar-refractivity contribution in [1.29, 1.82) is 0 Å². The molecule has 0 radical (unpaired) electrons. The number of halogens is 1. The van der Waals surface area contributed by atoms with E-state index in [-0.39, 0.29) is 6.09 Å². The third-order valence-electron chi connectivity index (χ3n) is 6.24. The van der Waals surface area contributed by atoms with Gasteiger partial charge >= 0.3 is 194 Å². The molecule has 0 saturated carbocycles. The molecule has 1 amide bonds. The minimum absolute atomic E-state index is 0.202. The van der Waals surface area contributed by atoms with E-state index in [2.05, 4.69) is 32.9 Å². The van der Waals surface area contributed by atoms with Gasteiger partial charge in [0, 0.05) is 0 Å². The number of carbonyl (C=O) groups is 1. The third kappa shape index (κ3) is 6.54. The van der Waals surface area contributed by atoms with E-state index >= 15 is 0 Å². The topological polar surface area (TPSA) is 29.5 Å². The molecule has 30 heavy (non-hydrogen) atoms. The minimum atomic E-state index is -2.76. The predicted molar refractivity (Wildman–Crippen MR) is 133 cm³/mol. The van der Waals surface area contributed by atoms with Crippen LogP contribution in [0.4, 0.5) is 10.5 Å². The average Bonchev–Trinajstić information content (AvgIpc) is 3.09. The molecule has 0 bridgehead atoms. The maximum absolute atomic E-state index is 13.1. The van der Waals surface area contributed by atoms with E-state index in [1.807, 2.05) is 25.7 Å². The molecule has 0 spiro atoms. The Morgan fingerprint density at radius 1 is 1.03 bits per heavy atom. The molecule has 0 unspecified atom stereocenters. The zero-order valence-electron chi connectivity index (χ0n) is 20.1. The van der Waals surface area contributed by atoms with Gasteiger partial charge < -0.3 is 0 Å². The van der Waals surface area contributed by atoms with E-state index in [0.29, 0.717) is 6.54 Å². The zero-order chi connectivity index (χ0) is 22.4. The predicted octanol–water partition coefficient (Wildman–Crippen LogP) is 7.69. The zero-order valence-corrected chi connectivity index (χ0v) is 23.7. The summed E-state index contributed by atoms with van der Waals surface area (Å²) in [5.74, 6) is 0. The van der Waals surface area contributed by atoms with Crippen molar-refractivity contribution >= 4 is 45.3 Å². The van der Waals surface area contributed by atoms with E-state index in [4.69, 9.17) is 16.3 Å². The van der Waals surface area contributed by atoms with E-state index in [9.17, 15) is 4.79 Å². The molecule has 1 aromatic rings. The Morgan fingerprint density at radius 3 is 2.03 bits per heavy atom. The summed E-state index contributed by atoms with van der Waals surface area (Å²) in [4.78, 5) is 15.1. The second kappa shape index (κ2) is 11.4. The molecule has 170 valence electrons. The first kappa shape index (κ1) is 25.8. The van der Waals surface area contributed by atoms with E-state index in [1.165, 1.54) is 66.7 Å². The normalized spacial score (nSPS) is 14.2. The van der Waals surface area contributed by atoms with Gasteiger partial charge in [0.05, 0.1) is 0 Å². The molecule has 1 heterocycles. The van der Waals surface area contributed by atoms with Crippen LogP contribution in [0.15, 0.2) is 12.1 Å². The fraction of sp³-hybridized carbons (Fsp3) is 0.720. The number of anilines is 1. The Morgan fingerprint density at radius 2 is 1.57 bits per heavy atom. The number of hydrogen-bond donors (Lipinski definition) is 0. The Bertz CT molecular complexity index is 692. The summed E-state index contributed by atoms with van der Waals surface area (Å²) in [6, 6.07) is 4.33. The molecule has 1 aliphatic rings. The van der Waals surface area contributed by atoms with Crippen LogP contribution >= 0.6 is 11.6 Å². The fourth-order valence-corrected chi connectivity index (χ4v) is 22.1. The van der Waals surface area contributed by atoms with Gasteiger partial charge in [-0.2, -0.15) is 0 Å². The molecule has 0 N–H and O–H groups in total. The van der Waals surface area contributed by atoms with Gasteiger partial charge in [0.2, 0.25) is 0 Å². The maximum atomic E-state index is 13.1. The number of hydrogen-bond acceptors (Lipinski definition) is 2. The van der Waals surface area contributed by atoms with Gasteiger partial charge in [0.25, 0.3) is 0 Å². The summed E-state index contributed by atoms with van der Waals surface area (Å²) in [7, 11) is 0.